The predicted molar refractivity (Wildman–Crippen MR) is 84.7 cm³/mol. The SMILES string of the molecule is Cc1ccc2c(N)c(C(=O)N(C)C3CCOCC3)sc2n1. The Morgan fingerprint density at radius 2 is 2.14 bits per heavy atom. The molecule has 1 saturated heterocycles. The van der Waals surface area contributed by atoms with E-state index >= 15 is 0 Å². The van der Waals surface area contributed by atoms with Gasteiger partial charge in [-0.3, -0.25) is 4.79 Å². The molecule has 1 aliphatic heterocycles. The quantitative estimate of drug-likeness (QED) is 0.925. The van der Waals surface area contributed by atoms with Crippen molar-refractivity contribution in [2.75, 3.05) is 26.0 Å². The van der Waals surface area contributed by atoms with Crippen LogP contribution in [0.4, 0.5) is 5.69 Å². The summed E-state index contributed by atoms with van der Waals surface area (Å²) < 4.78 is 5.35. The van der Waals surface area contributed by atoms with Crippen molar-refractivity contribution in [1.82, 2.24) is 9.88 Å². The molecule has 0 spiro atoms. The number of thiophene rings is 1. The number of fused-ring (bicyclic) bond motifs is 1. The number of rotatable bonds is 2. The number of amides is 1. The Morgan fingerprint density at radius 1 is 1.43 bits per heavy atom. The van der Waals surface area contributed by atoms with Crippen molar-refractivity contribution in [2.24, 2.45) is 0 Å². The van der Waals surface area contributed by atoms with E-state index in [1.54, 1.807) is 4.90 Å². The third kappa shape index (κ3) is 2.61. The lowest BCUT2D eigenvalue weighted by atomic mass is 10.1. The number of ether oxygens (including phenoxy) is 1. The van der Waals surface area contributed by atoms with Gasteiger partial charge < -0.3 is 15.4 Å². The first kappa shape index (κ1) is 14.3. The smallest absolute Gasteiger partial charge is 0.266 e. The van der Waals surface area contributed by atoms with Crippen LogP contribution < -0.4 is 5.73 Å². The molecule has 1 amide bonds. The molecular weight excluding hydrogens is 286 g/mol. The maximum atomic E-state index is 12.7. The number of hydrogen-bond donors (Lipinski definition) is 1. The van der Waals surface area contributed by atoms with Gasteiger partial charge in [-0.1, -0.05) is 0 Å². The minimum absolute atomic E-state index is 0.0138. The summed E-state index contributed by atoms with van der Waals surface area (Å²) in [6.45, 7) is 3.36. The summed E-state index contributed by atoms with van der Waals surface area (Å²) in [4.78, 5) is 20.4. The summed E-state index contributed by atoms with van der Waals surface area (Å²) in [6, 6.07) is 4.09. The van der Waals surface area contributed by atoms with Crippen LogP contribution in [0.1, 0.15) is 28.2 Å². The van der Waals surface area contributed by atoms with Crippen LogP contribution in [0.15, 0.2) is 12.1 Å². The fourth-order valence-electron chi connectivity index (χ4n) is 2.65. The molecule has 2 aromatic heterocycles. The van der Waals surface area contributed by atoms with E-state index in [1.165, 1.54) is 11.3 Å². The van der Waals surface area contributed by atoms with Gasteiger partial charge in [-0.05, 0) is 31.9 Å². The monoisotopic (exact) mass is 305 g/mol. The van der Waals surface area contributed by atoms with Gasteiger partial charge in [0, 0.05) is 37.4 Å². The maximum absolute atomic E-state index is 12.7. The average Bonchev–Trinajstić information content (AvgIpc) is 2.83. The summed E-state index contributed by atoms with van der Waals surface area (Å²) in [7, 11) is 1.85. The number of aromatic nitrogens is 1. The number of pyridine rings is 1. The third-order valence-electron chi connectivity index (χ3n) is 3.99. The molecule has 5 nitrogen and oxygen atoms in total. The molecule has 0 unspecified atom stereocenters. The molecule has 3 rings (SSSR count). The fraction of sp³-hybridized carbons (Fsp3) is 0.467. The molecule has 2 aromatic rings. The van der Waals surface area contributed by atoms with Crippen molar-refractivity contribution in [3.8, 4) is 0 Å². The van der Waals surface area contributed by atoms with Crippen molar-refractivity contribution >= 4 is 33.1 Å². The molecule has 21 heavy (non-hydrogen) atoms. The van der Waals surface area contributed by atoms with Crippen LogP contribution in [0.2, 0.25) is 0 Å². The Hall–Kier alpha value is -1.66. The number of anilines is 1. The van der Waals surface area contributed by atoms with Gasteiger partial charge in [0.2, 0.25) is 0 Å². The molecular formula is C15H19N3O2S. The number of carbonyl (C=O) groups excluding carboxylic acids is 1. The van der Waals surface area contributed by atoms with Gasteiger partial charge in [-0.2, -0.15) is 0 Å². The number of nitrogens with zero attached hydrogens (tertiary/aromatic N) is 2. The molecule has 112 valence electrons. The van der Waals surface area contributed by atoms with E-state index in [-0.39, 0.29) is 11.9 Å². The highest BCUT2D eigenvalue weighted by Crippen LogP contribution is 2.33. The van der Waals surface area contributed by atoms with Crippen LogP contribution in [-0.4, -0.2) is 42.1 Å². The summed E-state index contributed by atoms with van der Waals surface area (Å²) in [6.07, 6.45) is 1.76. The summed E-state index contributed by atoms with van der Waals surface area (Å²) >= 11 is 1.38. The van der Waals surface area contributed by atoms with E-state index in [0.717, 1.165) is 28.8 Å². The van der Waals surface area contributed by atoms with E-state index in [4.69, 9.17) is 10.5 Å². The van der Waals surface area contributed by atoms with Crippen LogP contribution in [-0.2, 0) is 4.74 Å². The van der Waals surface area contributed by atoms with Gasteiger partial charge >= 0.3 is 0 Å². The molecule has 2 N–H and O–H groups in total. The molecule has 0 atom stereocenters. The predicted octanol–water partition coefficient (Wildman–Crippen LogP) is 2.44. The Balaban J connectivity index is 1.91. The summed E-state index contributed by atoms with van der Waals surface area (Å²) in [5.41, 5.74) is 7.63. The maximum Gasteiger partial charge on any atom is 0.266 e. The molecule has 0 aromatic carbocycles. The van der Waals surface area contributed by atoms with Crippen molar-refractivity contribution in [3.63, 3.8) is 0 Å². The van der Waals surface area contributed by atoms with Gasteiger partial charge in [0.25, 0.3) is 5.91 Å². The highest BCUT2D eigenvalue weighted by molar-refractivity contribution is 7.21. The highest BCUT2D eigenvalue weighted by Gasteiger charge is 2.26. The second-order valence-electron chi connectivity index (χ2n) is 5.41. The van der Waals surface area contributed by atoms with Crippen molar-refractivity contribution in [1.29, 1.82) is 0 Å². The lowest BCUT2D eigenvalue weighted by Gasteiger charge is -2.31. The largest absolute Gasteiger partial charge is 0.397 e. The number of aryl methyl sites for hydroxylation is 1. The lowest BCUT2D eigenvalue weighted by Crippen LogP contribution is -2.40. The van der Waals surface area contributed by atoms with Gasteiger partial charge in [-0.25, -0.2) is 4.98 Å². The standard InChI is InChI=1S/C15H19N3O2S/c1-9-3-4-11-12(16)13(21-14(11)17-9)15(19)18(2)10-5-7-20-8-6-10/h3-4,10H,5-8,16H2,1-2H3. The zero-order valence-electron chi connectivity index (χ0n) is 12.3. The number of carbonyl (C=O) groups is 1. The molecule has 1 aliphatic rings. The van der Waals surface area contributed by atoms with E-state index in [0.29, 0.717) is 23.8 Å². The minimum Gasteiger partial charge on any atom is -0.397 e. The summed E-state index contributed by atoms with van der Waals surface area (Å²) in [5, 5.41) is 0.870. The molecule has 0 saturated carbocycles. The first-order chi connectivity index (χ1) is 10.1. The first-order valence-electron chi connectivity index (χ1n) is 7.08. The Bertz CT molecular complexity index is 677. The Morgan fingerprint density at radius 3 is 2.86 bits per heavy atom. The second kappa shape index (κ2) is 5.61. The van der Waals surface area contributed by atoms with E-state index in [2.05, 4.69) is 4.98 Å². The van der Waals surface area contributed by atoms with Gasteiger partial charge in [0.05, 0.1) is 5.69 Å². The van der Waals surface area contributed by atoms with Gasteiger partial charge in [0.15, 0.2) is 0 Å². The number of nitrogen functional groups attached to an aromatic ring is 1. The van der Waals surface area contributed by atoms with Gasteiger partial charge in [0.1, 0.15) is 9.71 Å². The zero-order valence-corrected chi connectivity index (χ0v) is 13.1. The normalized spacial score (nSPS) is 16.3. The molecule has 3 heterocycles. The van der Waals surface area contributed by atoms with Crippen LogP contribution in [0.3, 0.4) is 0 Å². The third-order valence-corrected chi connectivity index (χ3v) is 5.09. The van der Waals surface area contributed by atoms with E-state index in [1.807, 2.05) is 26.1 Å². The average molecular weight is 305 g/mol. The van der Waals surface area contributed by atoms with Crippen molar-refractivity contribution in [2.45, 2.75) is 25.8 Å². The highest BCUT2D eigenvalue weighted by atomic mass is 32.1. The van der Waals surface area contributed by atoms with Crippen LogP contribution in [0.5, 0.6) is 0 Å². The number of nitrogens with two attached hydrogens (primary N) is 1. The van der Waals surface area contributed by atoms with E-state index in [9.17, 15) is 4.79 Å². The topological polar surface area (TPSA) is 68.5 Å². The Kier molecular flexibility index (Phi) is 3.82. The van der Waals surface area contributed by atoms with E-state index < -0.39 is 0 Å². The molecule has 6 heteroatoms. The molecule has 0 bridgehead atoms. The Labute approximate surface area is 127 Å². The number of hydrogen-bond acceptors (Lipinski definition) is 5. The van der Waals surface area contributed by atoms with Crippen molar-refractivity contribution in [3.05, 3.63) is 22.7 Å². The molecule has 0 aliphatic carbocycles. The minimum atomic E-state index is -0.0138. The van der Waals surface area contributed by atoms with Crippen LogP contribution in [0.25, 0.3) is 10.2 Å². The van der Waals surface area contributed by atoms with Crippen LogP contribution >= 0.6 is 11.3 Å². The molecule has 0 radical (unpaired) electrons. The lowest BCUT2D eigenvalue weighted by molar-refractivity contribution is 0.0365. The molecule has 1 fully saturated rings. The fourth-order valence-corrected chi connectivity index (χ4v) is 3.77. The van der Waals surface area contributed by atoms with Crippen molar-refractivity contribution < 1.29 is 9.53 Å². The second-order valence-corrected chi connectivity index (χ2v) is 6.41. The zero-order chi connectivity index (χ0) is 15.0. The first-order valence-corrected chi connectivity index (χ1v) is 7.90. The summed E-state index contributed by atoms with van der Waals surface area (Å²) in [5.74, 6) is -0.0138. The van der Waals surface area contributed by atoms with Gasteiger partial charge in [-0.15, -0.1) is 11.3 Å². The van der Waals surface area contributed by atoms with Crippen LogP contribution in [0, 0.1) is 6.92 Å².